The maximum absolute atomic E-state index is 13.2. The smallest absolute Gasteiger partial charge is 0.313 e. The Balaban J connectivity index is 1.49. The Kier molecular flexibility index (Phi) is 7.57. The molecule has 1 atom stereocenters. The number of carbonyl (C=O) groups is 2. The second-order valence-electron chi connectivity index (χ2n) is 8.20. The van der Waals surface area contributed by atoms with Crippen molar-refractivity contribution in [3.05, 3.63) is 101 Å². The summed E-state index contributed by atoms with van der Waals surface area (Å²) in [5, 5.41) is 5.49. The zero-order chi connectivity index (χ0) is 24.8. The average Bonchev–Trinajstić information content (AvgIpc) is 3.31. The lowest BCUT2D eigenvalue weighted by molar-refractivity contribution is -0.154. The van der Waals surface area contributed by atoms with Crippen molar-refractivity contribution in [1.82, 2.24) is 4.98 Å². The van der Waals surface area contributed by atoms with Crippen molar-refractivity contribution in [3.8, 4) is 16.3 Å². The molecule has 6 nitrogen and oxygen atoms in total. The van der Waals surface area contributed by atoms with Crippen LogP contribution in [0.25, 0.3) is 10.6 Å². The van der Waals surface area contributed by atoms with E-state index in [0.29, 0.717) is 16.9 Å². The molecule has 0 spiro atoms. The number of methoxy groups -OCH3 is 1. The molecule has 4 aromatic rings. The number of thiazole rings is 1. The highest BCUT2D eigenvalue weighted by molar-refractivity contribution is 7.13. The Morgan fingerprint density at radius 3 is 2.43 bits per heavy atom. The van der Waals surface area contributed by atoms with Gasteiger partial charge in [-0.2, -0.15) is 0 Å². The molecule has 1 heterocycles. The van der Waals surface area contributed by atoms with Crippen molar-refractivity contribution in [3.63, 3.8) is 0 Å². The van der Waals surface area contributed by atoms with Crippen LogP contribution in [-0.4, -0.2) is 24.0 Å². The maximum Gasteiger partial charge on any atom is 0.313 e. The molecule has 0 aliphatic carbocycles. The van der Waals surface area contributed by atoms with E-state index in [-0.39, 0.29) is 6.42 Å². The van der Waals surface area contributed by atoms with Crippen LogP contribution in [0.1, 0.15) is 28.5 Å². The number of carbonyl (C=O) groups excluding carboxylic acids is 2. The third-order valence-electron chi connectivity index (χ3n) is 5.27. The normalized spacial score (nSPS) is 11.5. The van der Waals surface area contributed by atoms with Crippen LogP contribution in [0.2, 0.25) is 0 Å². The van der Waals surface area contributed by atoms with Crippen molar-refractivity contribution < 1.29 is 19.1 Å². The van der Waals surface area contributed by atoms with E-state index in [9.17, 15) is 9.59 Å². The van der Waals surface area contributed by atoms with E-state index in [2.05, 4.69) is 10.3 Å². The highest BCUT2D eigenvalue weighted by Gasteiger charge is 2.26. The van der Waals surface area contributed by atoms with Crippen LogP contribution in [0.15, 0.2) is 78.2 Å². The van der Waals surface area contributed by atoms with E-state index in [1.54, 1.807) is 31.4 Å². The number of nitrogens with zero attached hydrogens (tertiary/aromatic N) is 1. The van der Waals surface area contributed by atoms with Gasteiger partial charge in [0.2, 0.25) is 6.10 Å². The summed E-state index contributed by atoms with van der Waals surface area (Å²) in [4.78, 5) is 30.6. The van der Waals surface area contributed by atoms with Crippen molar-refractivity contribution in [1.29, 1.82) is 0 Å². The van der Waals surface area contributed by atoms with Gasteiger partial charge >= 0.3 is 5.97 Å². The van der Waals surface area contributed by atoms with Gasteiger partial charge < -0.3 is 14.8 Å². The zero-order valence-electron chi connectivity index (χ0n) is 19.8. The quantitative estimate of drug-likeness (QED) is 0.314. The molecule has 35 heavy (non-hydrogen) atoms. The first kappa shape index (κ1) is 24.2. The number of anilines is 1. The van der Waals surface area contributed by atoms with Crippen molar-refractivity contribution in [2.24, 2.45) is 0 Å². The van der Waals surface area contributed by atoms with Gasteiger partial charge in [0, 0.05) is 22.2 Å². The molecule has 1 aromatic heterocycles. The number of benzene rings is 3. The minimum Gasteiger partial charge on any atom is -0.497 e. The summed E-state index contributed by atoms with van der Waals surface area (Å²) in [5.74, 6) is -0.207. The van der Waals surface area contributed by atoms with Crippen LogP contribution in [0.4, 0.5) is 5.69 Å². The molecule has 0 radical (unpaired) electrons. The van der Waals surface area contributed by atoms with Crippen LogP contribution in [-0.2, 0) is 20.7 Å². The van der Waals surface area contributed by atoms with E-state index in [4.69, 9.17) is 9.47 Å². The summed E-state index contributed by atoms with van der Waals surface area (Å²) in [6.07, 6.45) is -1.12. The Hall–Kier alpha value is -3.97. The number of nitrogens with one attached hydrogen (secondary N) is 1. The molecule has 0 fully saturated rings. The van der Waals surface area contributed by atoms with Gasteiger partial charge in [0.25, 0.3) is 5.91 Å². The van der Waals surface area contributed by atoms with Gasteiger partial charge in [-0.3, -0.25) is 9.59 Å². The molecule has 0 saturated heterocycles. The predicted octanol–water partition coefficient (Wildman–Crippen LogP) is 5.90. The van der Waals surface area contributed by atoms with E-state index in [0.717, 1.165) is 27.4 Å². The lowest BCUT2D eigenvalue weighted by Gasteiger charge is -2.18. The molecule has 4 rings (SSSR count). The Morgan fingerprint density at radius 1 is 0.971 bits per heavy atom. The monoisotopic (exact) mass is 486 g/mol. The molecule has 1 N–H and O–H groups in total. The van der Waals surface area contributed by atoms with Crippen molar-refractivity contribution >= 4 is 28.9 Å². The summed E-state index contributed by atoms with van der Waals surface area (Å²) in [5.41, 5.74) is 4.81. The number of aromatic nitrogens is 1. The minimum absolute atomic E-state index is 0.0410. The van der Waals surface area contributed by atoms with E-state index in [1.165, 1.54) is 11.3 Å². The standard InChI is InChI=1S/C28H26N2O4S/c1-18-12-19(2)14-22(13-18)29-27(32)26(20-8-5-4-6-9-20)34-25(31)16-23-17-35-28(30-23)21-10-7-11-24(15-21)33-3/h4-15,17,26H,16H2,1-3H3,(H,29,32)/t26-/m0/s1. The van der Waals surface area contributed by atoms with Crippen LogP contribution >= 0.6 is 11.3 Å². The molecule has 0 saturated carbocycles. The molecule has 7 heteroatoms. The van der Waals surface area contributed by atoms with E-state index >= 15 is 0 Å². The number of rotatable bonds is 8. The minimum atomic E-state index is -1.08. The van der Waals surface area contributed by atoms with E-state index < -0.39 is 18.0 Å². The lowest BCUT2D eigenvalue weighted by atomic mass is 10.1. The van der Waals surface area contributed by atoms with Crippen LogP contribution < -0.4 is 10.1 Å². The first-order valence-electron chi connectivity index (χ1n) is 11.1. The highest BCUT2D eigenvalue weighted by Crippen LogP contribution is 2.28. The summed E-state index contributed by atoms with van der Waals surface area (Å²) in [6, 6.07) is 22.4. The molecule has 1 amide bonds. The SMILES string of the molecule is COc1cccc(-c2nc(CC(=O)O[C@H](C(=O)Nc3cc(C)cc(C)c3)c3ccccc3)cs2)c1. The average molecular weight is 487 g/mol. The van der Waals surface area contributed by atoms with Crippen LogP contribution in [0, 0.1) is 13.8 Å². The fraction of sp³-hybridized carbons (Fsp3) is 0.179. The summed E-state index contributed by atoms with van der Waals surface area (Å²) in [7, 11) is 1.61. The van der Waals surface area contributed by atoms with Gasteiger partial charge in [0.15, 0.2) is 0 Å². The lowest BCUT2D eigenvalue weighted by Crippen LogP contribution is -2.26. The van der Waals surface area contributed by atoms with Gasteiger partial charge in [-0.1, -0.05) is 48.5 Å². The van der Waals surface area contributed by atoms with Crippen molar-refractivity contribution in [2.45, 2.75) is 26.4 Å². The fourth-order valence-corrected chi connectivity index (χ4v) is 4.57. The maximum atomic E-state index is 13.2. The first-order chi connectivity index (χ1) is 16.9. The predicted molar refractivity (Wildman–Crippen MR) is 138 cm³/mol. The Labute approximate surface area is 208 Å². The zero-order valence-corrected chi connectivity index (χ0v) is 20.6. The Morgan fingerprint density at radius 2 is 1.71 bits per heavy atom. The molecule has 178 valence electrons. The molecular weight excluding hydrogens is 460 g/mol. The second kappa shape index (κ2) is 11.0. The number of aryl methyl sites for hydroxylation is 2. The number of hydrogen-bond acceptors (Lipinski definition) is 6. The first-order valence-corrected chi connectivity index (χ1v) is 12.0. The number of esters is 1. The highest BCUT2D eigenvalue weighted by atomic mass is 32.1. The molecule has 3 aromatic carbocycles. The van der Waals surface area contributed by atoms with Crippen LogP contribution in [0.3, 0.4) is 0 Å². The molecular formula is C28H26N2O4S. The fourth-order valence-electron chi connectivity index (χ4n) is 3.75. The topological polar surface area (TPSA) is 77.5 Å². The molecule has 0 aliphatic rings. The Bertz CT molecular complexity index is 1310. The second-order valence-corrected chi connectivity index (χ2v) is 9.06. The molecule has 0 bridgehead atoms. The number of amides is 1. The number of ether oxygens (including phenoxy) is 2. The molecule has 0 unspecified atom stereocenters. The molecule has 0 aliphatic heterocycles. The van der Waals surface area contributed by atoms with Gasteiger partial charge in [-0.05, 0) is 49.2 Å². The van der Waals surface area contributed by atoms with E-state index in [1.807, 2.05) is 67.8 Å². The van der Waals surface area contributed by atoms with Gasteiger partial charge in [-0.15, -0.1) is 11.3 Å². The van der Waals surface area contributed by atoms with Gasteiger partial charge in [-0.25, -0.2) is 4.98 Å². The van der Waals surface area contributed by atoms with Gasteiger partial charge in [0.05, 0.1) is 19.2 Å². The largest absolute Gasteiger partial charge is 0.497 e. The summed E-state index contributed by atoms with van der Waals surface area (Å²) < 4.78 is 11.0. The third kappa shape index (κ3) is 6.33. The van der Waals surface area contributed by atoms with Crippen LogP contribution in [0.5, 0.6) is 5.75 Å². The van der Waals surface area contributed by atoms with Crippen molar-refractivity contribution in [2.75, 3.05) is 12.4 Å². The summed E-state index contributed by atoms with van der Waals surface area (Å²) >= 11 is 1.44. The summed E-state index contributed by atoms with van der Waals surface area (Å²) in [6.45, 7) is 3.93. The third-order valence-corrected chi connectivity index (χ3v) is 6.21. The van der Waals surface area contributed by atoms with Gasteiger partial charge in [0.1, 0.15) is 10.8 Å². The number of hydrogen-bond donors (Lipinski definition) is 1.